The number of ether oxygens (including phenoxy) is 1. The van der Waals surface area contributed by atoms with Gasteiger partial charge in [0, 0.05) is 6.54 Å². The number of nitrogens with zero attached hydrogens (tertiary/aromatic N) is 2. The van der Waals surface area contributed by atoms with E-state index < -0.39 is 0 Å². The Hall–Kier alpha value is -3.27. The Morgan fingerprint density at radius 1 is 0.862 bits per heavy atom. The molecule has 1 aromatic heterocycles. The molecule has 0 atom stereocenters. The van der Waals surface area contributed by atoms with Gasteiger partial charge in [0.25, 0.3) is 0 Å². The van der Waals surface area contributed by atoms with Crippen LogP contribution in [0.15, 0.2) is 66.7 Å². The monoisotopic (exact) mass is 385 g/mol. The molecular weight excluding hydrogens is 358 g/mol. The van der Waals surface area contributed by atoms with Gasteiger partial charge in [0.05, 0.1) is 11.0 Å². The molecule has 1 N–H and O–H groups in total. The van der Waals surface area contributed by atoms with E-state index in [9.17, 15) is 0 Å². The van der Waals surface area contributed by atoms with E-state index in [2.05, 4.69) is 59.3 Å². The fourth-order valence-corrected chi connectivity index (χ4v) is 3.80. The molecule has 0 amide bonds. The first kappa shape index (κ1) is 19.1. The highest BCUT2D eigenvalue weighted by Crippen LogP contribution is 2.26. The number of benzene rings is 3. The van der Waals surface area contributed by atoms with Crippen molar-refractivity contribution in [2.45, 2.75) is 33.8 Å². The van der Waals surface area contributed by atoms with Crippen molar-refractivity contribution in [3.05, 3.63) is 94.8 Å². The zero-order chi connectivity index (χ0) is 20.2. The van der Waals surface area contributed by atoms with Crippen molar-refractivity contribution in [3.63, 3.8) is 0 Å². The second kappa shape index (κ2) is 8.39. The fraction of sp³-hybridized carbons (Fsp3) is 0.240. The SMILES string of the molecule is Cc1cc(CCNn2c(C)nc3ccccc32)cc(C)c1OCc1ccccc1. The molecule has 4 nitrogen and oxygen atoms in total. The van der Waals surface area contributed by atoms with Gasteiger partial charge >= 0.3 is 0 Å². The maximum Gasteiger partial charge on any atom is 0.125 e. The Labute approximate surface area is 172 Å². The maximum absolute atomic E-state index is 6.11. The number of hydrogen-bond donors (Lipinski definition) is 1. The molecule has 0 radical (unpaired) electrons. The van der Waals surface area contributed by atoms with Crippen LogP contribution in [0.3, 0.4) is 0 Å². The van der Waals surface area contributed by atoms with Crippen LogP contribution in [0, 0.1) is 20.8 Å². The first-order valence-corrected chi connectivity index (χ1v) is 10.1. The van der Waals surface area contributed by atoms with Crippen molar-refractivity contribution >= 4 is 11.0 Å². The standard InChI is InChI=1S/C25H27N3O/c1-18-15-22(16-19(2)25(18)29-17-21-9-5-4-6-10-21)13-14-26-28-20(3)27-23-11-7-8-12-24(23)28/h4-12,15-16,26H,13-14,17H2,1-3H3. The summed E-state index contributed by atoms with van der Waals surface area (Å²) in [6.07, 6.45) is 0.937. The average Bonchev–Trinajstić information content (AvgIpc) is 3.03. The number of hydrogen-bond acceptors (Lipinski definition) is 3. The molecular formula is C25H27N3O. The van der Waals surface area contributed by atoms with Crippen LogP contribution in [-0.2, 0) is 13.0 Å². The minimum absolute atomic E-state index is 0.594. The minimum atomic E-state index is 0.594. The molecule has 29 heavy (non-hydrogen) atoms. The summed E-state index contributed by atoms with van der Waals surface area (Å²) in [5, 5.41) is 0. The lowest BCUT2D eigenvalue weighted by Gasteiger charge is -2.15. The van der Waals surface area contributed by atoms with Gasteiger partial charge in [0.15, 0.2) is 0 Å². The van der Waals surface area contributed by atoms with E-state index in [1.807, 2.05) is 43.3 Å². The van der Waals surface area contributed by atoms with Crippen molar-refractivity contribution in [3.8, 4) is 5.75 Å². The predicted octanol–water partition coefficient (Wildman–Crippen LogP) is 5.33. The molecule has 3 aromatic carbocycles. The van der Waals surface area contributed by atoms with Crippen LogP contribution in [0.4, 0.5) is 0 Å². The van der Waals surface area contributed by atoms with E-state index in [-0.39, 0.29) is 0 Å². The number of rotatable bonds is 7. The molecule has 0 saturated heterocycles. The molecule has 0 aliphatic carbocycles. The quantitative estimate of drug-likeness (QED) is 0.467. The predicted molar refractivity (Wildman–Crippen MR) is 119 cm³/mol. The lowest BCUT2D eigenvalue weighted by Crippen LogP contribution is -2.18. The molecule has 4 heteroatoms. The van der Waals surface area contributed by atoms with E-state index >= 15 is 0 Å². The third-order valence-corrected chi connectivity index (χ3v) is 5.16. The van der Waals surface area contributed by atoms with Crippen LogP contribution in [0.5, 0.6) is 5.75 Å². The molecule has 0 saturated carbocycles. The number of aromatic nitrogens is 2. The van der Waals surface area contributed by atoms with Gasteiger partial charge in [0.1, 0.15) is 18.2 Å². The van der Waals surface area contributed by atoms with E-state index in [4.69, 9.17) is 4.74 Å². The molecule has 0 unspecified atom stereocenters. The van der Waals surface area contributed by atoms with Crippen LogP contribution >= 0.6 is 0 Å². The zero-order valence-corrected chi connectivity index (χ0v) is 17.3. The first-order chi connectivity index (χ1) is 14.1. The minimum Gasteiger partial charge on any atom is -0.488 e. The van der Waals surface area contributed by atoms with Crippen molar-refractivity contribution in [1.29, 1.82) is 0 Å². The van der Waals surface area contributed by atoms with Crippen molar-refractivity contribution < 1.29 is 4.74 Å². The Morgan fingerprint density at radius 3 is 2.31 bits per heavy atom. The van der Waals surface area contributed by atoms with Crippen LogP contribution in [0.2, 0.25) is 0 Å². The second-order valence-corrected chi connectivity index (χ2v) is 7.47. The molecule has 0 bridgehead atoms. The largest absolute Gasteiger partial charge is 0.488 e. The van der Waals surface area contributed by atoms with Crippen molar-refractivity contribution in [1.82, 2.24) is 9.66 Å². The van der Waals surface area contributed by atoms with Gasteiger partial charge in [-0.1, -0.05) is 54.6 Å². The van der Waals surface area contributed by atoms with E-state index in [0.717, 1.165) is 35.6 Å². The summed E-state index contributed by atoms with van der Waals surface area (Å²) in [6.45, 7) is 7.70. The number of fused-ring (bicyclic) bond motifs is 1. The van der Waals surface area contributed by atoms with Gasteiger partial charge in [-0.15, -0.1) is 0 Å². The number of para-hydroxylation sites is 2. The average molecular weight is 386 g/mol. The van der Waals surface area contributed by atoms with Gasteiger partial charge < -0.3 is 10.2 Å². The summed E-state index contributed by atoms with van der Waals surface area (Å²) in [7, 11) is 0. The normalized spacial score (nSPS) is 11.0. The highest BCUT2D eigenvalue weighted by molar-refractivity contribution is 5.76. The van der Waals surface area contributed by atoms with Gasteiger partial charge in [0.2, 0.25) is 0 Å². The van der Waals surface area contributed by atoms with Gasteiger partial charge in [-0.25, -0.2) is 9.66 Å². The molecule has 4 aromatic rings. The third-order valence-electron chi connectivity index (χ3n) is 5.16. The lowest BCUT2D eigenvalue weighted by molar-refractivity contribution is 0.302. The Bertz CT molecular complexity index is 1090. The molecule has 0 aliphatic heterocycles. The zero-order valence-electron chi connectivity index (χ0n) is 17.3. The smallest absolute Gasteiger partial charge is 0.125 e. The molecule has 0 fully saturated rings. The maximum atomic E-state index is 6.11. The van der Waals surface area contributed by atoms with Gasteiger partial charge in [-0.3, -0.25) is 0 Å². The summed E-state index contributed by atoms with van der Waals surface area (Å²) >= 11 is 0. The van der Waals surface area contributed by atoms with E-state index in [1.54, 1.807) is 0 Å². The molecule has 148 valence electrons. The molecule has 0 aliphatic rings. The molecule has 4 rings (SSSR count). The Morgan fingerprint density at radius 2 is 1.55 bits per heavy atom. The second-order valence-electron chi connectivity index (χ2n) is 7.47. The van der Waals surface area contributed by atoms with Crippen LogP contribution in [-0.4, -0.2) is 16.2 Å². The van der Waals surface area contributed by atoms with Gasteiger partial charge in [-0.2, -0.15) is 0 Å². The summed E-state index contributed by atoms with van der Waals surface area (Å²) in [4.78, 5) is 4.61. The van der Waals surface area contributed by atoms with Gasteiger partial charge in [-0.05, 0) is 61.6 Å². The number of aryl methyl sites for hydroxylation is 3. The third kappa shape index (κ3) is 4.27. The summed E-state index contributed by atoms with van der Waals surface area (Å²) in [6, 6.07) is 22.9. The lowest BCUT2D eigenvalue weighted by atomic mass is 10.0. The van der Waals surface area contributed by atoms with Crippen LogP contribution in [0.25, 0.3) is 11.0 Å². The van der Waals surface area contributed by atoms with Crippen molar-refractivity contribution in [2.75, 3.05) is 12.0 Å². The van der Waals surface area contributed by atoms with Crippen LogP contribution in [0.1, 0.15) is 28.1 Å². The van der Waals surface area contributed by atoms with E-state index in [1.165, 1.54) is 22.3 Å². The Kier molecular flexibility index (Phi) is 5.52. The highest BCUT2D eigenvalue weighted by atomic mass is 16.5. The Balaban J connectivity index is 1.41. The number of imidazole rings is 1. The number of nitrogens with one attached hydrogen (secondary N) is 1. The summed E-state index contributed by atoms with van der Waals surface area (Å²) < 4.78 is 8.18. The first-order valence-electron chi connectivity index (χ1n) is 10.1. The summed E-state index contributed by atoms with van der Waals surface area (Å²) in [5.74, 6) is 1.96. The van der Waals surface area contributed by atoms with Crippen molar-refractivity contribution in [2.24, 2.45) is 0 Å². The van der Waals surface area contributed by atoms with E-state index in [0.29, 0.717) is 6.61 Å². The fourth-order valence-electron chi connectivity index (χ4n) is 3.80. The molecule has 0 spiro atoms. The summed E-state index contributed by atoms with van der Waals surface area (Å²) in [5.41, 5.74) is 10.5. The van der Waals surface area contributed by atoms with Crippen LogP contribution < -0.4 is 10.2 Å². The molecule has 1 heterocycles. The topological polar surface area (TPSA) is 39.1 Å². The highest BCUT2D eigenvalue weighted by Gasteiger charge is 2.09.